The fraction of sp³-hybridized carbons (Fsp3) is 0.304. The fourth-order valence-corrected chi connectivity index (χ4v) is 2.95. The maximum atomic E-state index is 9.68. The summed E-state index contributed by atoms with van der Waals surface area (Å²) in [4.78, 5) is 9.33. The van der Waals surface area contributed by atoms with Crippen LogP contribution in [0.15, 0.2) is 54.6 Å². The van der Waals surface area contributed by atoms with Gasteiger partial charge in [-0.3, -0.25) is 0 Å². The average Bonchev–Trinajstić information content (AvgIpc) is 2.70. The van der Waals surface area contributed by atoms with E-state index in [0.29, 0.717) is 11.8 Å². The number of benzene rings is 2. The van der Waals surface area contributed by atoms with Crippen LogP contribution in [0.1, 0.15) is 25.0 Å². The molecular formula is C23H28N4O. The van der Waals surface area contributed by atoms with Gasteiger partial charge in [0, 0.05) is 17.3 Å². The molecule has 5 nitrogen and oxygen atoms in total. The number of nitrogens with zero attached hydrogens (tertiary/aromatic N) is 2. The van der Waals surface area contributed by atoms with Crippen LogP contribution in [0.4, 0.5) is 17.5 Å². The van der Waals surface area contributed by atoms with Gasteiger partial charge < -0.3 is 15.7 Å². The second kappa shape index (κ2) is 8.85. The van der Waals surface area contributed by atoms with E-state index in [-0.39, 0.29) is 18.6 Å². The van der Waals surface area contributed by atoms with Crippen LogP contribution in [0.5, 0.6) is 0 Å². The summed E-state index contributed by atoms with van der Waals surface area (Å²) in [5.41, 5.74) is 5.27. The molecule has 0 amide bonds. The molecule has 0 fully saturated rings. The molecule has 146 valence electrons. The molecular weight excluding hydrogens is 348 g/mol. The van der Waals surface area contributed by atoms with E-state index in [1.54, 1.807) is 0 Å². The van der Waals surface area contributed by atoms with E-state index in [1.165, 1.54) is 11.1 Å². The summed E-state index contributed by atoms with van der Waals surface area (Å²) < 4.78 is 0. The van der Waals surface area contributed by atoms with E-state index in [1.807, 2.05) is 48.5 Å². The van der Waals surface area contributed by atoms with Crippen molar-refractivity contribution in [1.29, 1.82) is 0 Å². The number of nitrogens with one attached hydrogen (secondary N) is 2. The van der Waals surface area contributed by atoms with Crippen molar-refractivity contribution in [2.75, 3.05) is 17.2 Å². The van der Waals surface area contributed by atoms with E-state index in [2.05, 4.69) is 54.4 Å². The highest BCUT2D eigenvalue weighted by atomic mass is 16.3. The molecule has 0 radical (unpaired) electrons. The van der Waals surface area contributed by atoms with Crippen molar-refractivity contribution >= 4 is 17.5 Å². The SMILES string of the molecule is Cc1cccc(Nc2cc(-c3ccccc3)nc(N[C@@H](CO)C(C)C)n2)c1C. The minimum absolute atomic E-state index is 0.0241. The van der Waals surface area contributed by atoms with Gasteiger partial charge in [-0.25, -0.2) is 4.98 Å². The number of aliphatic hydroxyl groups is 1. The third-order valence-electron chi connectivity index (χ3n) is 4.98. The molecule has 3 aromatic rings. The van der Waals surface area contributed by atoms with Crippen LogP contribution in [0.2, 0.25) is 0 Å². The Morgan fingerprint density at radius 1 is 0.964 bits per heavy atom. The van der Waals surface area contributed by atoms with E-state index < -0.39 is 0 Å². The van der Waals surface area contributed by atoms with E-state index in [0.717, 1.165) is 16.9 Å². The molecule has 1 heterocycles. The second-order valence-electron chi connectivity index (χ2n) is 7.38. The Bertz CT molecular complexity index is 925. The highest BCUT2D eigenvalue weighted by molar-refractivity contribution is 5.69. The molecule has 3 rings (SSSR count). The minimum atomic E-state index is -0.112. The predicted octanol–water partition coefficient (Wildman–Crippen LogP) is 4.93. The number of anilines is 3. The number of aliphatic hydroxyl groups excluding tert-OH is 1. The number of hydrogen-bond acceptors (Lipinski definition) is 5. The van der Waals surface area contributed by atoms with Crippen molar-refractivity contribution in [1.82, 2.24) is 9.97 Å². The maximum absolute atomic E-state index is 9.68. The summed E-state index contributed by atoms with van der Waals surface area (Å²) >= 11 is 0. The quantitative estimate of drug-likeness (QED) is 0.545. The van der Waals surface area contributed by atoms with Crippen molar-refractivity contribution in [3.63, 3.8) is 0 Å². The van der Waals surface area contributed by atoms with Crippen molar-refractivity contribution in [2.24, 2.45) is 5.92 Å². The number of rotatable bonds is 7. The van der Waals surface area contributed by atoms with E-state index in [4.69, 9.17) is 0 Å². The zero-order valence-electron chi connectivity index (χ0n) is 16.9. The molecule has 0 aliphatic heterocycles. The van der Waals surface area contributed by atoms with Crippen molar-refractivity contribution < 1.29 is 5.11 Å². The lowest BCUT2D eigenvalue weighted by Crippen LogP contribution is -2.30. The first-order valence-corrected chi connectivity index (χ1v) is 9.63. The van der Waals surface area contributed by atoms with Crippen LogP contribution < -0.4 is 10.6 Å². The van der Waals surface area contributed by atoms with Crippen LogP contribution in [0, 0.1) is 19.8 Å². The van der Waals surface area contributed by atoms with Crippen molar-refractivity contribution in [3.05, 3.63) is 65.7 Å². The number of aromatic nitrogens is 2. The number of aryl methyl sites for hydroxylation is 1. The molecule has 1 aromatic heterocycles. The monoisotopic (exact) mass is 376 g/mol. The van der Waals surface area contributed by atoms with Gasteiger partial charge in [-0.15, -0.1) is 0 Å². The molecule has 28 heavy (non-hydrogen) atoms. The van der Waals surface area contributed by atoms with E-state index in [9.17, 15) is 5.11 Å². The standard InChI is InChI=1S/C23H28N4O/c1-15(2)21(14-28)26-23-25-20(18-10-6-5-7-11-18)13-22(27-23)24-19-12-8-9-16(3)17(19)4/h5-13,15,21,28H,14H2,1-4H3,(H2,24,25,26,27)/t21-/m0/s1. The largest absolute Gasteiger partial charge is 0.394 e. The Morgan fingerprint density at radius 2 is 1.71 bits per heavy atom. The first-order chi connectivity index (χ1) is 13.5. The van der Waals surface area contributed by atoms with Gasteiger partial charge in [0.1, 0.15) is 5.82 Å². The van der Waals surface area contributed by atoms with Gasteiger partial charge in [0.25, 0.3) is 0 Å². The third-order valence-corrected chi connectivity index (χ3v) is 4.98. The van der Waals surface area contributed by atoms with Gasteiger partial charge in [-0.05, 0) is 37.0 Å². The van der Waals surface area contributed by atoms with Crippen LogP contribution in [-0.4, -0.2) is 27.7 Å². The topological polar surface area (TPSA) is 70.1 Å². The zero-order chi connectivity index (χ0) is 20.1. The van der Waals surface area contributed by atoms with Crippen molar-refractivity contribution in [2.45, 2.75) is 33.7 Å². The molecule has 1 atom stereocenters. The molecule has 0 aliphatic carbocycles. The summed E-state index contributed by atoms with van der Waals surface area (Å²) in [6.45, 7) is 8.33. The van der Waals surface area contributed by atoms with Crippen molar-refractivity contribution in [3.8, 4) is 11.3 Å². The zero-order valence-corrected chi connectivity index (χ0v) is 16.9. The molecule has 0 spiro atoms. The lowest BCUT2D eigenvalue weighted by Gasteiger charge is -2.21. The number of hydrogen-bond donors (Lipinski definition) is 3. The summed E-state index contributed by atoms with van der Waals surface area (Å²) in [6, 6.07) is 18.0. The van der Waals surface area contributed by atoms with Crippen LogP contribution in [0.3, 0.4) is 0 Å². The smallest absolute Gasteiger partial charge is 0.225 e. The summed E-state index contributed by atoms with van der Waals surface area (Å²) in [5.74, 6) is 1.47. The Hall–Kier alpha value is -2.92. The molecule has 0 saturated carbocycles. The normalized spacial score (nSPS) is 12.1. The first-order valence-electron chi connectivity index (χ1n) is 9.63. The third kappa shape index (κ3) is 4.67. The maximum Gasteiger partial charge on any atom is 0.225 e. The first kappa shape index (κ1) is 19.8. The average molecular weight is 377 g/mol. The summed E-state index contributed by atoms with van der Waals surface area (Å²) in [5, 5.41) is 16.4. The van der Waals surface area contributed by atoms with Gasteiger partial charge in [-0.1, -0.05) is 56.3 Å². The second-order valence-corrected chi connectivity index (χ2v) is 7.38. The van der Waals surface area contributed by atoms with Crippen LogP contribution >= 0.6 is 0 Å². The van der Waals surface area contributed by atoms with E-state index >= 15 is 0 Å². The van der Waals surface area contributed by atoms with Gasteiger partial charge >= 0.3 is 0 Å². The lowest BCUT2D eigenvalue weighted by molar-refractivity contribution is 0.248. The fourth-order valence-electron chi connectivity index (χ4n) is 2.95. The van der Waals surface area contributed by atoms with Crippen LogP contribution in [0.25, 0.3) is 11.3 Å². The van der Waals surface area contributed by atoms with Crippen LogP contribution in [-0.2, 0) is 0 Å². The molecule has 2 aromatic carbocycles. The summed E-state index contributed by atoms with van der Waals surface area (Å²) in [7, 11) is 0. The molecule has 0 unspecified atom stereocenters. The molecule has 0 saturated heterocycles. The van der Waals surface area contributed by atoms with Gasteiger partial charge in [0.2, 0.25) is 5.95 Å². The molecule has 0 aliphatic rings. The predicted molar refractivity (Wildman–Crippen MR) is 116 cm³/mol. The highest BCUT2D eigenvalue weighted by Gasteiger charge is 2.15. The Kier molecular flexibility index (Phi) is 6.26. The molecule has 0 bridgehead atoms. The highest BCUT2D eigenvalue weighted by Crippen LogP contribution is 2.26. The molecule has 3 N–H and O–H groups in total. The molecule has 5 heteroatoms. The Morgan fingerprint density at radius 3 is 2.39 bits per heavy atom. The Labute approximate surface area is 166 Å². The Balaban J connectivity index is 2.00. The van der Waals surface area contributed by atoms with Gasteiger partial charge in [0.15, 0.2) is 0 Å². The van der Waals surface area contributed by atoms with Gasteiger partial charge in [-0.2, -0.15) is 4.98 Å². The lowest BCUT2D eigenvalue weighted by atomic mass is 10.1. The van der Waals surface area contributed by atoms with Gasteiger partial charge in [0.05, 0.1) is 18.3 Å². The summed E-state index contributed by atoms with van der Waals surface area (Å²) in [6.07, 6.45) is 0. The minimum Gasteiger partial charge on any atom is -0.394 e.